The molecule has 6 heteroatoms. The number of ether oxygens (including phenoxy) is 1. The van der Waals surface area contributed by atoms with Crippen LogP contribution in [-0.4, -0.2) is 22.1 Å². The first-order valence-electron chi connectivity index (χ1n) is 8.81. The third kappa shape index (κ3) is 3.83. The van der Waals surface area contributed by atoms with Crippen LogP contribution in [0.15, 0.2) is 48.5 Å². The summed E-state index contributed by atoms with van der Waals surface area (Å²) in [6.45, 7) is 1.59. The van der Waals surface area contributed by atoms with Crippen molar-refractivity contribution in [2.75, 3.05) is 6.61 Å². The van der Waals surface area contributed by atoms with E-state index in [-0.39, 0.29) is 11.8 Å². The molecule has 1 aliphatic carbocycles. The highest BCUT2D eigenvalue weighted by molar-refractivity contribution is 6.30. The third-order valence-corrected chi connectivity index (χ3v) is 4.75. The van der Waals surface area contributed by atoms with Gasteiger partial charge < -0.3 is 14.6 Å². The van der Waals surface area contributed by atoms with Crippen LogP contribution in [-0.2, 0) is 17.9 Å². The predicted octanol–water partition coefficient (Wildman–Crippen LogP) is 3.79. The van der Waals surface area contributed by atoms with Crippen LogP contribution in [0.4, 0.5) is 0 Å². The molecule has 5 nitrogen and oxygen atoms in total. The number of amides is 1. The van der Waals surface area contributed by atoms with E-state index in [9.17, 15) is 4.79 Å². The topological polar surface area (TPSA) is 56.2 Å². The largest absolute Gasteiger partial charge is 0.492 e. The fraction of sp³-hybridized carbons (Fsp3) is 0.300. The van der Waals surface area contributed by atoms with E-state index < -0.39 is 0 Å². The van der Waals surface area contributed by atoms with Crippen molar-refractivity contribution in [1.82, 2.24) is 14.9 Å². The minimum Gasteiger partial charge on any atom is -0.492 e. The summed E-state index contributed by atoms with van der Waals surface area (Å²) in [4.78, 5) is 16.6. The lowest BCUT2D eigenvalue weighted by atomic mass is 10.3. The molecule has 1 amide bonds. The van der Waals surface area contributed by atoms with Gasteiger partial charge in [-0.05, 0) is 49.2 Å². The Balaban J connectivity index is 1.47. The number of rotatable bonds is 7. The monoisotopic (exact) mass is 369 g/mol. The number of carbonyl (C=O) groups excluding carboxylic acids is 1. The van der Waals surface area contributed by atoms with Gasteiger partial charge in [0.15, 0.2) is 0 Å². The molecule has 1 fully saturated rings. The summed E-state index contributed by atoms with van der Waals surface area (Å²) >= 11 is 5.90. The van der Waals surface area contributed by atoms with Crippen LogP contribution in [0.5, 0.6) is 5.75 Å². The predicted molar refractivity (Wildman–Crippen MR) is 101 cm³/mol. The van der Waals surface area contributed by atoms with Gasteiger partial charge in [0.1, 0.15) is 18.2 Å². The first-order chi connectivity index (χ1) is 12.7. The van der Waals surface area contributed by atoms with Crippen molar-refractivity contribution in [3.05, 3.63) is 59.4 Å². The number of halogens is 1. The highest BCUT2D eigenvalue weighted by Crippen LogP contribution is 2.29. The first kappa shape index (κ1) is 16.9. The number of aromatic nitrogens is 2. The Morgan fingerprint density at radius 2 is 1.96 bits per heavy atom. The van der Waals surface area contributed by atoms with Crippen molar-refractivity contribution >= 4 is 28.5 Å². The van der Waals surface area contributed by atoms with Gasteiger partial charge in [-0.15, -0.1) is 0 Å². The van der Waals surface area contributed by atoms with Crippen LogP contribution in [0.3, 0.4) is 0 Å². The summed E-state index contributed by atoms with van der Waals surface area (Å²) in [7, 11) is 0. The van der Waals surface area contributed by atoms with E-state index in [0.717, 1.165) is 35.4 Å². The SMILES string of the molecule is O=C(NCc1nc2ccccc2n1CCOc1ccc(Cl)cc1)C1CC1. The molecule has 134 valence electrons. The van der Waals surface area contributed by atoms with Gasteiger partial charge in [0, 0.05) is 10.9 Å². The zero-order valence-corrected chi connectivity index (χ0v) is 15.1. The quantitative estimate of drug-likeness (QED) is 0.689. The van der Waals surface area contributed by atoms with Crippen molar-refractivity contribution < 1.29 is 9.53 Å². The van der Waals surface area contributed by atoms with Crippen LogP contribution in [0, 0.1) is 5.92 Å². The standard InChI is InChI=1S/C20H20ClN3O2/c21-15-7-9-16(10-8-15)26-12-11-24-18-4-2-1-3-17(18)23-19(24)13-22-20(25)14-5-6-14/h1-4,7-10,14H,5-6,11-13H2,(H,22,25). The Labute approximate surface area is 156 Å². The maximum absolute atomic E-state index is 11.9. The number of nitrogens with one attached hydrogen (secondary N) is 1. The molecule has 4 rings (SSSR count). The van der Waals surface area contributed by atoms with Gasteiger partial charge in [-0.2, -0.15) is 0 Å². The molecule has 1 saturated carbocycles. The Kier molecular flexibility index (Phi) is 4.80. The Morgan fingerprint density at radius 1 is 1.19 bits per heavy atom. The van der Waals surface area contributed by atoms with Crippen molar-refractivity contribution in [2.24, 2.45) is 5.92 Å². The van der Waals surface area contributed by atoms with Gasteiger partial charge in [0.2, 0.25) is 5.91 Å². The summed E-state index contributed by atoms with van der Waals surface area (Å²) in [5.41, 5.74) is 1.97. The lowest BCUT2D eigenvalue weighted by molar-refractivity contribution is -0.122. The van der Waals surface area contributed by atoms with Gasteiger partial charge in [-0.25, -0.2) is 4.98 Å². The summed E-state index contributed by atoms with van der Waals surface area (Å²) < 4.78 is 7.93. The maximum atomic E-state index is 11.9. The molecule has 0 unspecified atom stereocenters. The number of benzene rings is 2. The average Bonchev–Trinajstić information content (AvgIpc) is 3.45. The molecule has 0 bridgehead atoms. The van der Waals surface area contributed by atoms with Gasteiger partial charge in [0.05, 0.1) is 24.1 Å². The summed E-state index contributed by atoms with van der Waals surface area (Å²) in [6, 6.07) is 15.3. The third-order valence-electron chi connectivity index (χ3n) is 4.50. The molecule has 1 aliphatic rings. The van der Waals surface area contributed by atoms with E-state index in [4.69, 9.17) is 16.3 Å². The molecule has 0 saturated heterocycles. The molecule has 1 N–H and O–H groups in total. The molecule has 3 aromatic rings. The minimum atomic E-state index is 0.126. The number of fused-ring (bicyclic) bond motifs is 1. The minimum absolute atomic E-state index is 0.126. The Hall–Kier alpha value is -2.53. The molecule has 0 radical (unpaired) electrons. The smallest absolute Gasteiger partial charge is 0.223 e. The molecule has 26 heavy (non-hydrogen) atoms. The van der Waals surface area contributed by atoms with Crippen molar-refractivity contribution in [2.45, 2.75) is 25.9 Å². The summed E-state index contributed by atoms with van der Waals surface area (Å²) in [6.07, 6.45) is 1.99. The van der Waals surface area contributed by atoms with E-state index in [1.54, 1.807) is 0 Å². The van der Waals surface area contributed by atoms with E-state index in [0.29, 0.717) is 24.7 Å². The number of hydrogen-bond acceptors (Lipinski definition) is 3. The lowest BCUT2D eigenvalue weighted by Gasteiger charge is -2.11. The first-order valence-corrected chi connectivity index (χ1v) is 9.19. The van der Waals surface area contributed by atoms with E-state index in [1.165, 1.54) is 0 Å². The lowest BCUT2D eigenvalue weighted by Crippen LogP contribution is -2.26. The van der Waals surface area contributed by atoms with Crippen LogP contribution >= 0.6 is 11.6 Å². The zero-order valence-electron chi connectivity index (χ0n) is 14.3. The maximum Gasteiger partial charge on any atom is 0.223 e. The number of imidazole rings is 1. The number of para-hydroxylation sites is 2. The van der Waals surface area contributed by atoms with E-state index in [1.807, 2.05) is 48.5 Å². The highest BCUT2D eigenvalue weighted by atomic mass is 35.5. The second-order valence-corrected chi connectivity index (χ2v) is 6.90. The molecule has 0 atom stereocenters. The van der Waals surface area contributed by atoms with Gasteiger partial charge in [-0.1, -0.05) is 23.7 Å². The van der Waals surface area contributed by atoms with Gasteiger partial charge >= 0.3 is 0 Å². The van der Waals surface area contributed by atoms with Gasteiger partial charge in [0.25, 0.3) is 0 Å². The van der Waals surface area contributed by atoms with E-state index in [2.05, 4.69) is 14.9 Å². The van der Waals surface area contributed by atoms with Crippen LogP contribution < -0.4 is 10.1 Å². The second-order valence-electron chi connectivity index (χ2n) is 6.46. The number of carbonyl (C=O) groups is 1. The second kappa shape index (κ2) is 7.38. The molecular weight excluding hydrogens is 350 g/mol. The normalized spacial score (nSPS) is 13.7. The van der Waals surface area contributed by atoms with E-state index >= 15 is 0 Å². The molecule has 0 aliphatic heterocycles. The van der Waals surface area contributed by atoms with Gasteiger partial charge in [-0.3, -0.25) is 4.79 Å². The van der Waals surface area contributed by atoms with Crippen molar-refractivity contribution in [1.29, 1.82) is 0 Å². The molecule has 1 heterocycles. The number of hydrogen-bond donors (Lipinski definition) is 1. The Morgan fingerprint density at radius 3 is 2.73 bits per heavy atom. The fourth-order valence-corrected chi connectivity index (χ4v) is 3.08. The molecule has 1 aromatic heterocycles. The summed E-state index contributed by atoms with van der Waals surface area (Å²) in [5, 5.41) is 3.69. The summed E-state index contributed by atoms with van der Waals surface area (Å²) in [5.74, 6) is 1.95. The van der Waals surface area contributed by atoms with Crippen LogP contribution in [0.1, 0.15) is 18.7 Å². The fourth-order valence-electron chi connectivity index (χ4n) is 2.95. The molecule has 2 aromatic carbocycles. The number of nitrogens with zero attached hydrogens (tertiary/aromatic N) is 2. The average molecular weight is 370 g/mol. The highest BCUT2D eigenvalue weighted by Gasteiger charge is 2.29. The van der Waals surface area contributed by atoms with Crippen LogP contribution in [0.2, 0.25) is 5.02 Å². The van der Waals surface area contributed by atoms with Crippen molar-refractivity contribution in [3.63, 3.8) is 0 Å². The van der Waals surface area contributed by atoms with Crippen LogP contribution in [0.25, 0.3) is 11.0 Å². The zero-order chi connectivity index (χ0) is 17.9. The van der Waals surface area contributed by atoms with Crippen molar-refractivity contribution in [3.8, 4) is 5.75 Å². The molecular formula is C20H20ClN3O2. The Bertz CT molecular complexity index is 916. The molecule has 0 spiro atoms.